The topological polar surface area (TPSA) is 114 Å². The van der Waals surface area contributed by atoms with Gasteiger partial charge >= 0.3 is 6.18 Å². The molecule has 0 saturated carbocycles. The number of hydrogen-bond acceptors (Lipinski definition) is 5. The molecule has 4 rings (SSSR count). The van der Waals surface area contributed by atoms with Gasteiger partial charge in [0.05, 0.1) is 17.9 Å². The van der Waals surface area contributed by atoms with Crippen LogP contribution < -0.4 is 20.7 Å². The molecule has 3 atom stereocenters. The second-order valence-electron chi connectivity index (χ2n) is 9.45. The Bertz CT molecular complexity index is 1300. The zero-order chi connectivity index (χ0) is 28.3. The number of ether oxygens (including phenoxy) is 1. The molecule has 0 aromatic heterocycles. The molecule has 8 nitrogen and oxygen atoms in total. The first-order chi connectivity index (χ1) is 18.5. The number of alkyl halides is 3. The summed E-state index contributed by atoms with van der Waals surface area (Å²) in [5, 5.41) is 2.95. The summed E-state index contributed by atoms with van der Waals surface area (Å²) in [7, 11) is 0. The van der Waals surface area contributed by atoms with Gasteiger partial charge in [0.1, 0.15) is 12.4 Å². The Kier molecular flexibility index (Phi) is 8.48. The molecule has 2 heterocycles. The van der Waals surface area contributed by atoms with Crippen LogP contribution in [0.4, 0.5) is 18.9 Å². The van der Waals surface area contributed by atoms with E-state index in [1.165, 1.54) is 4.90 Å². The van der Waals surface area contributed by atoms with E-state index >= 15 is 0 Å². The molecular weight excluding hydrogens is 537 g/mol. The summed E-state index contributed by atoms with van der Waals surface area (Å²) in [6, 6.07) is 12.0. The van der Waals surface area contributed by atoms with E-state index < -0.39 is 54.7 Å². The highest BCUT2D eigenvalue weighted by molar-refractivity contribution is 6.31. The van der Waals surface area contributed by atoms with E-state index in [4.69, 9.17) is 22.1 Å². The number of aliphatic imine (C=N–C) groups is 1. The van der Waals surface area contributed by atoms with Crippen molar-refractivity contribution in [1.82, 2.24) is 5.32 Å². The minimum Gasteiger partial charge on any atom is -0.490 e. The largest absolute Gasteiger partial charge is 0.490 e. The predicted molar refractivity (Wildman–Crippen MR) is 140 cm³/mol. The van der Waals surface area contributed by atoms with Gasteiger partial charge in [0.2, 0.25) is 18.0 Å². The number of nitrogens with two attached hydrogens (primary N) is 1. The summed E-state index contributed by atoms with van der Waals surface area (Å²) < 4.78 is 45.1. The highest BCUT2D eigenvalue weighted by Gasteiger charge is 2.40. The van der Waals surface area contributed by atoms with Gasteiger partial charge < -0.3 is 20.7 Å². The van der Waals surface area contributed by atoms with E-state index in [-0.39, 0.29) is 19.6 Å². The number of primary amides is 1. The maximum absolute atomic E-state index is 13.7. The Morgan fingerprint density at radius 3 is 2.62 bits per heavy atom. The lowest BCUT2D eigenvalue weighted by atomic mass is 9.83. The van der Waals surface area contributed by atoms with Gasteiger partial charge in [-0.2, -0.15) is 13.2 Å². The van der Waals surface area contributed by atoms with Crippen molar-refractivity contribution in [2.75, 3.05) is 18.1 Å². The fourth-order valence-electron chi connectivity index (χ4n) is 4.98. The van der Waals surface area contributed by atoms with E-state index in [2.05, 4.69) is 10.3 Å². The number of hydrogen-bond donors (Lipinski definition) is 2. The lowest BCUT2D eigenvalue weighted by molar-refractivity contribution is -0.146. The number of amides is 3. The zero-order valence-electron chi connectivity index (χ0n) is 21.1. The normalized spacial score (nSPS) is 18.3. The Labute approximate surface area is 228 Å². The first-order valence-electron chi connectivity index (χ1n) is 12.6. The molecule has 2 aliphatic heterocycles. The summed E-state index contributed by atoms with van der Waals surface area (Å²) in [6.45, 7) is 2.10. The Balaban J connectivity index is 1.76. The van der Waals surface area contributed by atoms with Crippen molar-refractivity contribution in [3.8, 4) is 5.75 Å². The summed E-state index contributed by atoms with van der Waals surface area (Å²) in [5.74, 6) is -4.44. The third-order valence-corrected chi connectivity index (χ3v) is 6.99. The van der Waals surface area contributed by atoms with Crippen molar-refractivity contribution in [3.63, 3.8) is 0 Å². The van der Waals surface area contributed by atoms with E-state index in [9.17, 15) is 27.6 Å². The standard InChI is InChI=1S/C27H28ClF3N4O4/c1-2-5-17(23(32)36)18(10-11-27(29,30)31)25(37)34-24-26(38)35-12-13-39-20-9-4-8-19(22(20)35)21(33-24)15-6-3-7-16(28)14-15/h3-4,6-9,14,17-18,24H,2,5,10-13H2,1H3,(H2,32,36)(H,34,37)/t17?,18?,24-/m1/s1. The number of benzene rings is 2. The van der Waals surface area contributed by atoms with Gasteiger partial charge in [0.15, 0.2) is 0 Å². The molecule has 3 N–H and O–H groups in total. The lowest BCUT2D eigenvalue weighted by Gasteiger charge is -2.31. The van der Waals surface area contributed by atoms with Gasteiger partial charge in [-0.15, -0.1) is 0 Å². The van der Waals surface area contributed by atoms with Crippen LogP contribution in [0.3, 0.4) is 0 Å². The molecule has 0 fully saturated rings. The third-order valence-electron chi connectivity index (χ3n) is 6.76. The van der Waals surface area contributed by atoms with Crippen LogP contribution in [0.1, 0.15) is 43.7 Å². The van der Waals surface area contributed by atoms with Crippen molar-refractivity contribution >= 4 is 40.7 Å². The van der Waals surface area contributed by atoms with E-state index in [1.807, 2.05) is 0 Å². The highest BCUT2D eigenvalue weighted by atomic mass is 35.5. The van der Waals surface area contributed by atoms with Crippen molar-refractivity contribution in [2.24, 2.45) is 22.6 Å². The lowest BCUT2D eigenvalue weighted by Crippen LogP contribution is -2.52. The zero-order valence-corrected chi connectivity index (χ0v) is 21.9. The number of halogens is 4. The second-order valence-corrected chi connectivity index (χ2v) is 9.88. The van der Waals surface area contributed by atoms with Crippen LogP contribution in [0, 0.1) is 11.8 Å². The van der Waals surface area contributed by atoms with Crippen molar-refractivity contribution in [3.05, 3.63) is 58.6 Å². The fraction of sp³-hybridized carbons (Fsp3) is 0.407. The Morgan fingerprint density at radius 2 is 1.95 bits per heavy atom. The van der Waals surface area contributed by atoms with Gasteiger partial charge in [-0.05, 0) is 31.0 Å². The van der Waals surface area contributed by atoms with Crippen LogP contribution in [-0.2, 0) is 14.4 Å². The molecule has 0 bridgehead atoms. The fourth-order valence-corrected chi connectivity index (χ4v) is 5.17. The average Bonchev–Trinajstić information content (AvgIpc) is 2.99. The molecule has 2 aromatic carbocycles. The quantitative estimate of drug-likeness (QED) is 0.475. The highest BCUT2D eigenvalue weighted by Crippen LogP contribution is 2.39. The summed E-state index contributed by atoms with van der Waals surface area (Å²) >= 11 is 6.22. The Morgan fingerprint density at radius 1 is 1.21 bits per heavy atom. The molecule has 2 unspecified atom stereocenters. The van der Waals surface area contributed by atoms with Crippen molar-refractivity contribution in [2.45, 2.75) is 44.9 Å². The number of carbonyl (C=O) groups excluding carboxylic acids is 3. The maximum atomic E-state index is 13.7. The molecule has 2 aliphatic rings. The van der Waals surface area contributed by atoms with Gasteiger partial charge in [0.25, 0.3) is 5.91 Å². The first kappa shape index (κ1) is 28.4. The molecule has 0 saturated heterocycles. The maximum Gasteiger partial charge on any atom is 0.389 e. The van der Waals surface area contributed by atoms with Crippen LogP contribution in [0.5, 0.6) is 5.75 Å². The predicted octanol–water partition coefficient (Wildman–Crippen LogP) is 4.22. The molecule has 0 spiro atoms. The molecule has 12 heteroatoms. The van der Waals surface area contributed by atoms with Crippen LogP contribution in [0.25, 0.3) is 0 Å². The minimum absolute atomic E-state index is 0.124. The number of para-hydroxylation sites is 1. The van der Waals surface area contributed by atoms with Crippen LogP contribution in [0.15, 0.2) is 47.5 Å². The monoisotopic (exact) mass is 564 g/mol. The molecule has 39 heavy (non-hydrogen) atoms. The van der Waals surface area contributed by atoms with Gasteiger partial charge in [-0.3, -0.25) is 14.4 Å². The van der Waals surface area contributed by atoms with E-state index in [0.717, 1.165) is 0 Å². The average molecular weight is 565 g/mol. The molecular formula is C27H28ClF3N4O4. The SMILES string of the molecule is CCCC(C(N)=O)C(CCC(F)(F)F)C(=O)N[C@H]1N=C(c2cccc(Cl)c2)c2cccc3c2N(CCO3)C1=O. The second kappa shape index (κ2) is 11.6. The van der Waals surface area contributed by atoms with E-state index in [0.29, 0.717) is 39.7 Å². The van der Waals surface area contributed by atoms with Crippen LogP contribution in [-0.4, -0.2) is 48.9 Å². The van der Waals surface area contributed by atoms with Crippen molar-refractivity contribution in [1.29, 1.82) is 0 Å². The molecule has 208 valence electrons. The number of carbonyl (C=O) groups is 3. The van der Waals surface area contributed by atoms with Crippen molar-refractivity contribution < 1.29 is 32.3 Å². The van der Waals surface area contributed by atoms with E-state index in [1.54, 1.807) is 49.4 Å². The smallest absolute Gasteiger partial charge is 0.389 e. The number of rotatable bonds is 9. The first-order valence-corrected chi connectivity index (χ1v) is 13.0. The van der Waals surface area contributed by atoms with Crippen LogP contribution >= 0.6 is 11.6 Å². The van der Waals surface area contributed by atoms with Gasteiger partial charge in [0, 0.05) is 34.4 Å². The number of anilines is 1. The number of nitrogens with zero attached hydrogens (tertiary/aromatic N) is 2. The molecule has 2 aromatic rings. The summed E-state index contributed by atoms with van der Waals surface area (Å²) in [5.41, 5.74) is 7.43. The molecule has 0 radical (unpaired) electrons. The van der Waals surface area contributed by atoms with Crippen LogP contribution in [0.2, 0.25) is 5.02 Å². The van der Waals surface area contributed by atoms with Gasteiger partial charge in [-0.25, -0.2) is 4.99 Å². The number of nitrogens with one attached hydrogen (secondary N) is 1. The summed E-state index contributed by atoms with van der Waals surface area (Å²) in [4.78, 5) is 45.4. The van der Waals surface area contributed by atoms with Gasteiger partial charge in [-0.1, -0.05) is 49.2 Å². The summed E-state index contributed by atoms with van der Waals surface area (Å²) in [6.07, 6.45) is -7.42. The Hall–Kier alpha value is -3.60. The minimum atomic E-state index is -4.55. The molecule has 0 aliphatic carbocycles. The molecule has 3 amide bonds. The third kappa shape index (κ3) is 6.35.